The molecule has 0 saturated carbocycles. The van der Waals surface area contributed by atoms with Gasteiger partial charge in [0.15, 0.2) is 0 Å². The summed E-state index contributed by atoms with van der Waals surface area (Å²) < 4.78 is 59.4. The first-order chi connectivity index (χ1) is 15.6. The second kappa shape index (κ2) is 11.6. The highest BCUT2D eigenvalue weighted by molar-refractivity contribution is 7.89. The smallest absolute Gasteiger partial charge is 0.259 e. The van der Waals surface area contributed by atoms with Crippen molar-refractivity contribution in [2.45, 2.75) is 43.4 Å². The molecule has 0 aliphatic carbocycles. The number of sulfonamides is 2. The van der Waals surface area contributed by atoms with Gasteiger partial charge >= 0.3 is 0 Å². The number of anilines is 1. The number of carbonyl (C=O) groups is 1. The molecule has 0 bridgehead atoms. The van der Waals surface area contributed by atoms with Crippen molar-refractivity contribution >= 4 is 31.6 Å². The molecule has 0 radical (unpaired) electrons. The second-order valence-corrected chi connectivity index (χ2v) is 10.9. The van der Waals surface area contributed by atoms with Gasteiger partial charge in [0.2, 0.25) is 20.0 Å². The van der Waals surface area contributed by atoms with Gasteiger partial charge < -0.3 is 10.1 Å². The lowest BCUT2D eigenvalue weighted by molar-refractivity contribution is 0.102. The van der Waals surface area contributed by atoms with Gasteiger partial charge in [-0.05, 0) is 48.9 Å². The average Bonchev–Trinajstić information content (AvgIpc) is 2.79. The molecule has 0 heterocycles. The van der Waals surface area contributed by atoms with Crippen LogP contribution in [0.4, 0.5) is 5.69 Å². The SMILES string of the molecule is CCCCNS(=O)(=O)c1ccc(NC(=O)c2cc(S(=O)(=O)N(CC)CC)ccc2OC)cc1. The fourth-order valence-electron chi connectivity index (χ4n) is 3.12. The van der Waals surface area contributed by atoms with Crippen molar-refractivity contribution in [2.75, 3.05) is 32.1 Å². The fourth-order valence-corrected chi connectivity index (χ4v) is 5.68. The minimum absolute atomic E-state index is 0.0169. The molecule has 0 spiro atoms. The van der Waals surface area contributed by atoms with Crippen LogP contribution < -0.4 is 14.8 Å². The van der Waals surface area contributed by atoms with Crippen LogP contribution in [0.2, 0.25) is 0 Å². The lowest BCUT2D eigenvalue weighted by Crippen LogP contribution is -2.30. The third-order valence-electron chi connectivity index (χ3n) is 5.00. The van der Waals surface area contributed by atoms with E-state index in [9.17, 15) is 21.6 Å². The zero-order chi connectivity index (χ0) is 24.6. The van der Waals surface area contributed by atoms with Crippen molar-refractivity contribution in [3.63, 3.8) is 0 Å². The summed E-state index contributed by atoms with van der Waals surface area (Å²) in [5.74, 6) is -0.370. The molecule has 11 heteroatoms. The molecular weight excluding hydrogens is 466 g/mol. The lowest BCUT2D eigenvalue weighted by Gasteiger charge is -2.19. The number of amides is 1. The number of nitrogens with zero attached hydrogens (tertiary/aromatic N) is 1. The third-order valence-corrected chi connectivity index (χ3v) is 8.53. The summed E-state index contributed by atoms with van der Waals surface area (Å²) in [6, 6.07) is 9.82. The Morgan fingerprint density at radius 2 is 1.55 bits per heavy atom. The molecule has 0 fully saturated rings. The van der Waals surface area contributed by atoms with Crippen LogP contribution in [0.15, 0.2) is 52.3 Å². The number of unbranched alkanes of at least 4 members (excludes halogenated alkanes) is 1. The van der Waals surface area contributed by atoms with Gasteiger partial charge in [-0.25, -0.2) is 21.6 Å². The topological polar surface area (TPSA) is 122 Å². The van der Waals surface area contributed by atoms with E-state index in [4.69, 9.17) is 4.74 Å². The molecule has 0 aliphatic heterocycles. The Labute approximate surface area is 196 Å². The van der Waals surface area contributed by atoms with Gasteiger partial charge in [0.25, 0.3) is 5.91 Å². The van der Waals surface area contributed by atoms with E-state index in [-0.39, 0.29) is 21.1 Å². The normalized spacial score (nSPS) is 12.0. The Hall–Kier alpha value is -2.47. The number of ether oxygens (including phenoxy) is 1. The first-order valence-electron chi connectivity index (χ1n) is 10.7. The third kappa shape index (κ3) is 6.53. The van der Waals surface area contributed by atoms with Crippen LogP contribution in [0.5, 0.6) is 5.75 Å². The van der Waals surface area contributed by atoms with Crippen LogP contribution >= 0.6 is 0 Å². The predicted octanol–water partition coefficient (Wildman–Crippen LogP) is 3.06. The standard InChI is InChI=1S/C22H31N3O6S2/c1-5-8-15-23-32(27,28)18-11-9-17(10-12-18)24-22(26)20-16-19(13-14-21(20)31-4)33(29,30)25(6-2)7-3/h9-14,16,23H,5-8,15H2,1-4H3,(H,24,26). The van der Waals surface area contributed by atoms with Crippen LogP contribution in [-0.2, 0) is 20.0 Å². The molecule has 2 rings (SSSR count). The minimum Gasteiger partial charge on any atom is -0.496 e. The van der Waals surface area contributed by atoms with E-state index in [0.29, 0.717) is 25.3 Å². The van der Waals surface area contributed by atoms with E-state index >= 15 is 0 Å². The number of nitrogens with one attached hydrogen (secondary N) is 2. The van der Waals surface area contributed by atoms with Crippen molar-refractivity contribution in [2.24, 2.45) is 0 Å². The van der Waals surface area contributed by atoms with E-state index in [2.05, 4.69) is 10.0 Å². The number of methoxy groups -OCH3 is 1. The largest absolute Gasteiger partial charge is 0.496 e. The molecular formula is C22H31N3O6S2. The summed E-state index contributed by atoms with van der Waals surface area (Å²) in [6.45, 7) is 6.39. The van der Waals surface area contributed by atoms with Crippen LogP contribution in [0.25, 0.3) is 0 Å². The number of carbonyl (C=O) groups excluding carboxylic acids is 1. The van der Waals surface area contributed by atoms with E-state index in [1.807, 2.05) is 6.92 Å². The van der Waals surface area contributed by atoms with Crippen LogP contribution in [0.1, 0.15) is 44.0 Å². The molecule has 33 heavy (non-hydrogen) atoms. The van der Waals surface area contributed by atoms with Crippen molar-refractivity contribution < 1.29 is 26.4 Å². The summed E-state index contributed by atoms with van der Waals surface area (Å²) in [6.07, 6.45) is 1.60. The summed E-state index contributed by atoms with van der Waals surface area (Å²) in [5.41, 5.74) is 0.398. The summed E-state index contributed by atoms with van der Waals surface area (Å²) >= 11 is 0. The molecule has 182 valence electrons. The van der Waals surface area contributed by atoms with Crippen molar-refractivity contribution in [1.29, 1.82) is 0 Å². The van der Waals surface area contributed by atoms with Crippen molar-refractivity contribution in [3.8, 4) is 5.75 Å². The maximum Gasteiger partial charge on any atom is 0.259 e. The van der Waals surface area contributed by atoms with Gasteiger partial charge in [0.05, 0.1) is 22.5 Å². The molecule has 9 nitrogen and oxygen atoms in total. The van der Waals surface area contributed by atoms with Crippen molar-refractivity contribution in [3.05, 3.63) is 48.0 Å². The molecule has 0 unspecified atom stereocenters. The Kier molecular flexibility index (Phi) is 9.41. The molecule has 0 aromatic heterocycles. The Morgan fingerprint density at radius 1 is 0.939 bits per heavy atom. The monoisotopic (exact) mass is 497 g/mol. The highest BCUT2D eigenvalue weighted by Gasteiger charge is 2.24. The fraction of sp³-hybridized carbons (Fsp3) is 0.409. The highest BCUT2D eigenvalue weighted by atomic mass is 32.2. The van der Waals surface area contributed by atoms with Gasteiger partial charge in [-0.15, -0.1) is 0 Å². The molecule has 0 atom stereocenters. The quantitative estimate of drug-likeness (QED) is 0.435. The zero-order valence-corrected chi connectivity index (χ0v) is 20.9. The number of rotatable bonds is 12. The number of benzene rings is 2. The van der Waals surface area contributed by atoms with Crippen molar-refractivity contribution in [1.82, 2.24) is 9.03 Å². The van der Waals surface area contributed by atoms with Gasteiger partial charge in [0.1, 0.15) is 5.75 Å². The summed E-state index contributed by atoms with van der Waals surface area (Å²) in [4.78, 5) is 13.0. The van der Waals surface area contributed by atoms with E-state index in [1.165, 1.54) is 53.9 Å². The summed E-state index contributed by atoms with van der Waals surface area (Å²) in [5, 5.41) is 2.66. The summed E-state index contributed by atoms with van der Waals surface area (Å²) in [7, 11) is -6.01. The maximum atomic E-state index is 12.9. The van der Waals surface area contributed by atoms with E-state index in [1.54, 1.807) is 13.8 Å². The van der Waals surface area contributed by atoms with Crippen LogP contribution in [0.3, 0.4) is 0 Å². The van der Waals surface area contributed by atoms with Gasteiger partial charge in [0, 0.05) is 25.3 Å². The molecule has 1 amide bonds. The minimum atomic E-state index is -3.76. The highest BCUT2D eigenvalue weighted by Crippen LogP contribution is 2.26. The van der Waals surface area contributed by atoms with Gasteiger partial charge in [-0.2, -0.15) is 4.31 Å². The second-order valence-electron chi connectivity index (χ2n) is 7.18. The Morgan fingerprint density at radius 3 is 2.09 bits per heavy atom. The molecule has 2 N–H and O–H groups in total. The van der Waals surface area contributed by atoms with E-state index < -0.39 is 26.0 Å². The van der Waals surface area contributed by atoms with Crippen LogP contribution in [0, 0.1) is 0 Å². The van der Waals surface area contributed by atoms with Gasteiger partial charge in [-0.1, -0.05) is 27.2 Å². The average molecular weight is 498 g/mol. The maximum absolute atomic E-state index is 12.9. The molecule has 2 aromatic carbocycles. The lowest BCUT2D eigenvalue weighted by atomic mass is 10.2. The Bertz CT molecular complexity index is 1160. The Balaban J connectivity index is 2.28. The number of hydrogen-bond acceptors (Lipinski definition) is 6. The first-order valence-corrected chi connectivity index (χ1v) is 13.6. The first kappa shape index (κ1) is 26.8. The molecule has 0 aliphatic rings. The van der Waals surface area contributed by atoms with Crippen LogP contribution in [-0.4, -0.2) is 53.8 Å². The zero-order valence-electron chi connectivity index (χ0n) is 19.3. The van der Waals surface area contributed by atoms with E-state index in [0.717, 1.165) is 12.8 Å². The molecule has 2 aromatic rings. The van der Waals surface area contributed by atoms with Gasteiger partial charge in [-0.3, -0.25) is 4.79 Å². The number of hydrogen-bond donors (Lipinski definition) is 2. The molecule has 0 saturated heterocycles. The predicted molar refractivity (Wildman–Crippen MR) is 128 cm³/mol.